The van der Waals surface area contributed by atoms with Crippen molar-refractivity contribution in [2.45, 2.75) is 38.8 Å². The zero-order valence-corrected chi connectivity index (χ0v) is 18.6. The average Bonchev–Trinajstić information content (AvgIpc) is 3.32. The molecule has 8 heteroatoms. The van der Waals surface area contributed by atoms with Crippen LogP contribution in [0.3, 0.4) is 0 Å². The molecular weight excluding hydrogens is 421 g/mol. The fraction of sp³-hybridized carbons (Fsp3) is 0.455. The van der Waals surface area contributed by atoms with Crippen LogP contribution < -0.4 is 10.6 Å². The van der Waals surface area contributed by atoms with Crippen LogP contribution in [0.5, 0.6) is 0 Å². The van der Waals surface area contributed by atoms with Crippen molar-refractivity contribution in [2.75, 3.05) is 24.6 Å². The van der Waals surface area contributed by atoms with Crippen LogP contribution in [0.1, 0.15) is 25.5 Å². The standard InChI is InChI=1S/C22H25Cl2N5O/c1-13-17(15-4-3-5-16(23)18(15)24)20-26-8-11-29(20)21(27-13)28-9-6-22(7-10-28)12-30-14(2)19(22)25/h3-5,8,11,14,19H,6-7,9-10,12,25H2,1-2H3/t14-,19?/m0/s1. The van der Waals surface area contributed by atoms with Gasteiger partial charge in [0.15, 0.2) is 0 Å². The summed E-state index contributed by atoms with van der Waals surface area (Å²) in [5.74, 6) is 0.900. The Morgan fingerprint density at radius 2 is 2.00 bits per heavy atom. The molecule has 0 aliphatic carbocycles. The Hall–Kier alpha value is -1.86. The fourth-order valence-electron chi connectivity index (χ4n) is 4.93. The van der Waals surface area contributed by atoms with Gasteiger partial charge in [0.05, 0.1) is 28.5 Å². The summed E-state index contributed by atoms with van der Waals surface area (Å²) in [6, 6.07) is 5.73. The summed E-state index contributed by atoms with van der Waals surface area (Å²) in [4.78, 5) is 11.9. The SMILES string of the molecule is Cc1nc(N2CCC3(CC2)CO[C@@H](C)C3N)n2ccnc2c1-c1cccc(Cl)c1Cl. The summed E-state index contributed by atoms with van der Waals surface area (Å²) in [5, 5.41) is 1.04. The zero-order valence-electron chi connectivity index (χ0n) is 17.1. The van der Waals surface area contributed by atoms with Crippen molar-refractivity contribution in [3.8, 4) is 11.1 Å². The number of hydrogen-bond donors (Lipinski definition) is 1. The third-order valence-corrected chi connectivity index (χ3v) is 7.64. The second-order valence-corrected chi connectivity index (χ2v) is 9.27. The lowest BCUT2D eigenvalue weighted by molar-refractivity contribution is 0.0973. The second kappa shape index (κ2) is 7.38. The lowest BCUT2D eigenvalue weighted by Gasteiger charge is -2.41. The van der Waals surface area contributed by atoms with E-state index < -0.39 is 0 Å². The van der Waals surface area contributed by atoms with Crippen molar-refractivity contribution in [3.63, 3.8) is 0 Å². The van der Waals surface area contributed by atoms with Gasteiger partial charge in [-0.05, 0) is 32.8 Å². The smallest absolute Gasteiger partial charge is 0.211 e. The highest BCUT2D eigenvalue weighted by Crippen LogP contribution is 2.42. The van der Waals surface area contributed by atoms with E-state index in [1.54, 1.807) is 12.3 Å². The van der Waals surface area contributed by atoms with Gasteiger partial charge in [-0.15, -0.1) is 0 Å². The van der Waals surface area contributed by atoms with Gasteiger partial charge in [0.1, 0.15) is 5.65 Å². The highest BCUT2D eigenvalue weighted by molar-refractivity contribution is 6.43. The number of halogens is 2. The van der Waals surface area contributed by atoms with Crippen LogP contribution in [0, 0.1) is 12.3 Å². The largest absolute Gasteiger partial charge is 0.376 e. The minimum Gasteiger partial charge on any atom is -0.376 e. The molecule has 6 nitrogen and oxygen atoms in total. The maximum atomic E-state index is 6.52. The summed E-state index contributed by atoms with van der Waals surface area (Å²) in [5.41, 5.74) is 10.0. The lowest BCUT2D eigenvalue weighted by Crippen LogP contribution is -2.51. The van der Waals surface area contributed by atoms with E-state index >= 15 is 0 Å². The van der Waals surface area contributed by atoms with Crippen LogP contribution in [0.4, 0.5) is 5.95 Å². The number of hydrogen-bond acceptors (Lipinski definition) is 5. The van der Waals surface area contributed by atoms with Crippen LogP contribution in [0.15, 0.2) is 30.6 Å². The molecule has 158 valence electrons. The molecule has 0 radical (unpaired) electrons. The van der Waals surface area contributed by atoms with Crippen LogP contribution in [-0.4, -0.2) is 46.2 Å². The first-order valence-electron chi connectivity index (χ1n) is 10.3. The third-order valence-electron chi connectivity index (χ3n) is 6.82. The first-order valence-corrected chi connectivity index (χ1v) is 11.1. The van der Waals surface area contributed by atoms with E-state index in [-0.39, 0.29) is 17.6 Å². The topological polar surface area (TPSA) is 68.7 Å². The van der Waals surface area contributed by atoms with Gasteiger partial charge < -0.3 is 15.4 Å². The molecule has 1 unspecified atom stereocenters. The molecule has 2 fully saturated rings. The number of aromatic nitrogens is 3. The summed E-state index contributed by atoms with van der Waals surface area (Å²) in [6.07, 6.45) is 5.87. The Kier molecular flexibility index (Phi) is 4.93. The molecule has 4 heterocycles. The maximum Gasteiger partial charge on any atom is 0.211 e. The van der Waals surface area contributed by atoms with E-state index in [0.717, 1.165) is 61.0 Å². The molecule has 1 spiro atoms. The lowest BCUT2D eigenvalue weighted by atomic mass is 9.73. The van der Waals surface area contributed by atoms with Crippen molar-refractivity contribution in [1.82, 2.24) is 14.4 Å². The molecular formula is C22H25Cl2N5O. The van der Waals surface area contributed by atoms with Crippen molar-refractivity contribution in [3.05, 3.63) is 46.3 Å². The Labute approximate surface area is 186 Å². The molecule has 0 bridgehead atoms. The quantitative estimate of drug-likeness (QED) is 0.634. The van der Waals surface area contributed by atoms with Gasteiger partial charge >= 0.3 is 0 Å². The molecule has 2 saturated heterocycles. The molecule has 0 amide bonds. The predicted octanol–water partition coefficient (Wildman–Crippen LogP) is 4.34. The summed E-state index contributed by atoms with van der Waals surface area (Å²) in [6.45, 7) is 6.61. The normalized spacial score (nSPS) is 23.6. The van der Waals surface area contributed by atoms with E-state index in [4.69, 9.17) is 38.7 Å². The first-order chi connectivity index (χ1) is 14.4. The molecule has 2 N–H and O–H groups in total. The minimum atomic E-state index is 0.0767. The predicted molar refractivity (Wildman–Crippen MR) is 120 cm³/mol. The molecule has 30 heavy (non-hydrogen) atoms. The van der Waals surface area contributed by atoms with E-state index in [1.165, 1.54) is 0 Å². The van der Waals surface area contributed by atoms with Crippen LogP contribution in [0.2, 0.25) is 10.0 Å². The zero-order chi connectivity index (χ0) is 21.0. The number of ether oxygens (including phenoxy) is 1. The van der Waals surface area contributed by atoms with Crippen molar-refractivity contribution >= 4 is 34.8 Å². The number of rotatable bonds is 2. The number of fused-ring (bicyclic) bond motifs is 1. The van der Waals surface area contributed by atoms with Crippen LogP contribution in [0.25, 0.3) is 16.8 Å². The molecule has 2 aromatic heterocycles. The van der Waals surface area contributed by atoms with Gasteiger partial charge in [-0.1, -0.05) is 35.3 Å². The number of nitrogens with two attached hydrogens (primary N) is 1. The van der Waals surface area contributed by atoms with Gasteiger partial charge in [-0.2, -0.15) is 0 Å². The van der Waals surface area contributed by atoms with E-state index in [1.807, 2.05) is 29.7 Å². The molecule has 5 rings (SSSR count). The van der Waals surface area contributed by atoms with Crippen LogP contribution in [-0.2, 0) is 4.74 Å². The number of benzene rings is 1. The molecule has 2 aliphatic rings. The Morgan fingerprint density at radius 1 is 1.23 bits per heavy atom. The number of imidazole rings is 1. The molecule has 1 aromatic carbocycles. The first kappa shape index (κ1) is 20.1. The van der Waals surface area contributed by atoms with E-state index in [2.05, 4.69) is 16.8 Å². The molecule has 3 aromatic rings. The van der Waals surface area contributed by atoms with Crippen molar-refractivity contribution < 1.29 is 4.74 Å². The summed E-state index contributed by atoms with van der Waals surface area (Å²) >= 11 is 12.8. The average molecular weight is 446 g/mol. The van der Waals surface area contributed by atoms with Crippen LogP contribution >= 0.6 is 23.2 Å². The van der Waals surface area contributed by atoms with Gasteiger partial charge in [0, 0.05) is 48.1 Å². The van der Waals surface area contributed by atoms with Crippen molar-refractivity contribution in [1.29, 1.82) is 0 Å². The minimum absolute atomic E-state index is 0.0767. The number of nitrogens with zero attached hydrogens (tertiary/aromatic N) is 4. The summed E-state index contributed by atoms with van der Waals surface area (Å²) in [7, 11) is 0. The van der Waals surface area contributed by atoms with E-state index in [9.17, 15) is 0 Å². The highest BCUT2D eigenvalue weighted by atomic mass is 35.5. The van der Waals surface area contributed by atoms with Crippen molar-refractivity contribution in [2.24, 2.45) is 11.1 Å². The fourth-order valence-corrected chi connectivity index (χ4v) is 5.33. The Morgan fingerprint density at radius 3 is 2.70 bits per heavy atom. The Balaban J connectivity index is 1.52. The summed E-state index contributed by atoms with van der Waals surface area (Å²) < 4.78 is 7.91. The third kappa shape index (κ3) is 3.01. The maximum absolute atomic E-state index is 6.52. The van der Waals surface area contributed by atoms with Gasteiger partial charge in [-0.25, -0.2) is 9.97 Å². The second-order valence-electron chi connectivity index (χ2n) is 8.49. The number of aryl methyl sites for hydroxylation is 1. The van der Waals surface area contributed by atoms with Gasteiger partial charge in [0.25, 0.3) is 0 Å². The molecule has 2 atom stereocenters. The van der Waals surface area contributed by atoms with Gasteiger partial charge in [0.2, 0.25) is 5.95 Å². The highest BCUT2D eigenvalue weighted by Gasteiger charge is 2.47. The van der Waals surface area contributed by atoms with Gasteiger partial charge in [-0.3, -0.25) is 4.40 Å². The number of anilines is 1. The van der Waals surface area contributed by atoms with E-state index in [0.29, 0.717) is 10.0 Å². The number of piperidine rings is 1. The molecule has 2 aliphatic heterocycles. The Bertz CT molecular complexity index is 1110. The monoisotopic (exact) mass is 445 g/mol. The molecule has 0 saturated carbocycles.